The third-order valence-corrected chi connectivity index (χ3v) is 5.49. The second-order valence-corrected chi connectivity index (χ2v) is 7.43. The van der Waals surface area contributed by atoms with Crippen LogP contribution in [0.25, 0.3) is 0 Å². The maximum Gasteiger partial charge on any atom is 0.236 e. The Morgan fingerprint density at radius 1 is 1.07 bits per heavy atom. The Balaban J connectivity index is 1.46. The smallest absolute Gasteiger partial charge is 0.236 e. The Kier molecular flexibility index (Phi) is 6.45. The summed E-state index contributed by atoms with van der Waals surface area (Å²) in [5.41, 5.74) is 5.22. The van der Waals surface area contributed by atoms with Crippen LogP contribution < -0.4 is 4.90 Å². The molecule has 0 atom stereocenters. The number of aromatic nitrogens is 1. The Labute approximate surface area is 162 Å². The van der Waals surface area contributed by atoms with Crippen molar-refractivity contribution in [2.24, 2.45) is 0 Å². The normalized spacial score (nSPS) is 14.7. The van der Waals surface area contributed by atoms with Crippen LogP contribution in [0.2, 0.25) is 0 Å². The number of aryl methyl sites for hydroxylation is 1. The van der Waals surface area contributed by atoms with Crippen LogP contribution >= 0.6 is 0 Å². The lowest BCUT2D eigenvalue weighted by Crippen LogP contribution is -2.51. The topological polar surface area (TPSA) is 39.7 Å². The van der Waals surface area contributed by atoms with Gasteiger partial charge in [0.05, 0.1) is 6.54 Å². The van der Waals surface area contributed by atoms with E-state index in [-0.39, 0.29) is 5.91 Å². The van der Waals surface area contributed by atoms with Gasteiger partial charge < -0.3 is 9.80 Å². The number of piperazine rings is 1. The Morgan fingerprint density at radius 2 is 1.78 bits per heavy atom. The van der Waals surface area contributed by atoms with Crippen molar-refractivity contribution in [3.05, 3.63) is 59.4 Å². The van der Waals surface area contributed by atoms with E-state index in [0.717, 1.165) is 39.1 Å². The molecule has 0 bridgehead atoms. The highest BCUT2D eigenvalue weighted by Gasteiger charge is 2.22. The molecular formula is C22H30N4O. The molecule has 5 heteroatoms. The average Bonchev–Trinajstić information content (AvgIpc) is 2.69. The molecule has 1 aromatic heterocycles. The van der Waals surface area contributed by atoms with E-state index in [4.69, 9.17) is 0 Å². The van der Waals surface area contributed by atoms with Crippen molar-refractivity contribution in [3.8, 4) is 0 Å². The standard InChI is InChI=1S/C22H30N4O/c1-18-5-4-6-21(19(18)2)25-13-15-26(16-14-25)22(27)17-24(3)12-9-20-7-10-23-11-8-20/h4-8,10-11H,9,12-17H2,1-3H3. The van der Waals surface area contributed by atoms with Gasteiger partial charge >= 0.3 is 0 Å². The molecule has 1 aromatic carbocycles. The van der Waals surface area contributed by atoms with E-state index in [1.54, 1.807) is 0 Å². The maximum absolute atomic E-state index is 12.6. The highest BCUT2D eigenvalue weighted by molar-refractivity contribution is 5.78. The predicted molar refractivity (Wildman–Crippen MR) is 110 cm³/mol. The van der Waals surface area contributed by atoms with Gasteiger partial charge in [0.15, 0.2) is 0 Å². The van der Waals surface area contributed by atoms with Crippen molar-refractivity contribution in [1.29, 1.82) is 0 Å². The number of amides is 1. The third-order valence-electron chi connectivity index (χ3n) is 5.49. The summed E-state index contributed by atoms with van der Waals surface area (Å²) < 4.78 is 0. The zero-order valence-corrected chi connectivity index (χ0v) is 16.7. The maximum atomic E-state index is 12.6. The van der Waals surface area contributed by atoms with Gasteiger partial charge in [-0.15, -0.1) is 0 Å². The van der Waals surface area contributed by atoms with Gasteiger partial charge in [0, 0.05) is 50.8 Å². The molecule has 2 heterocycles. The molecular weight excluding hydrogens is 336 g/mol. The van der Waals surface area contributed by atoms with Crippen LogP contribution in [-0.2, 0) is 11.2 Å². The van der Waals surface area contributed by atoms with Crippen molar-refractivity contribution in [3.63, 3.8) is 0 Å². The highest BCUT2D eigenvalue weighted by Crippen LogP contribution is 2.23. The van der Waals surface area contributed by atoms with E-state index >= 15 is 0 Å². The number of hydrogen-bond donors (Lipinski definition) is 0. The zero-order valence-electron chi connectivity index (χ0n) is 16.7. The molecule has 27 heavy (non-hydrogen) atoms. The van der Waals surface area contributed by atoms with Gasteiger partial charge in [-0.05, 0) is 62.2 Å². The molecule has 1 amide bonds. The van der Waals surface area contributed by atoms with Gasteiger partial charge in [-0.1, -0.05) is 12.1 Å². The number of pyridine rings is 1. The van der Waals surface area contributed by atoms with Crippen LogP contribution in [-0.4, -0.2) is 67.0 Å². The van der Waals surface area contributed by atoms with E-state index in [1.807, 2.05) is 36.5 Å². The van der Waals surface area contributed by atoms with Crippen molar-refractivity contribution < 1.29 is 4.79 Å². The fraction of sp³-hybridized carbons (Fsp3) is 0.455. The second kappa shape index (κ2) is 9.00. The van der Waals surface area contributed by atoms with Gasteiger partial charge in [-0.3, -0.25) is 14.7 Å². The fourth-order valence-electron chi connectivity index (χ4n) is 3.55. The van der Waals surface area contributed by atoms with Gasteiger partial charge in [0.2, 0.25) is 5.91 Å². The molecule has 1 fully saturated rings. The summed E-state index contributed by atoms with van der Waals surface area (Å²) in [4.78, 5) is 23.2. The summed E-state index contributed by atoms with van der Waals surface area (Å²) in [6.45, 7) is 9.08. The molecule has 1 saturated heterocycles. The minimum atomic E-state index is 0.229. The molecule has 0 aliphatic carbocycles. The molecule has 3 rings (SSSR count). The molecule has 2 aromatic rings. The number of benzene rings is 1. The number of rotatable bonds is 6. The minimum absolute atomic E-state index is 0.229. The van der Waals surface area contributed by atoms with Gasteiger partial charge in [0.1, 0.15) is 0 Å². The molecule has 1 aliphatic rings. The molecule has 1 aliphatic heterocycles. The lowest BCUT2D eigenvalue weighted by Gasteiger charge is -2.37. The Morgan fingerprint density at radius 3 is 2.48 bits per heavy atom. The summed E-state index contributed by atoms with van der Waals surface area (Å²) in [5, 5.41) is 0. The van der Waals surface area contributed by atoms with Crippen LogP contribution in [0, 0.1) is 13.8 Å². The van der Waals surface area contributed by atoms with Crippen LogP contribution in [0.4, 0.5) is 5.69 Å². The van der Waals surface area contributed by atoms with Crippen molar-refractivity contribution in [2.45, 2.75) is 20.3 Å². The number of anilines is 1. The monoisotopic (exact) mass is 366 g/mol. The number of carbonyl (C=O) groups is 1. The van der Waals surface area contributed by atoms with Crippen LogP contribution in [0.3, 0.4) is 0 Å². The van der Waals surface area contributed by atoms with Crippen LogP contribution in [0.5, 0.6) is 0 Å². The first kappa shape index (κ1) is 19.4. The molecule has 5 nitrogen and oxygen atoms in total. The largest absolute Gasteiger partial charge is 0.368 e. The van der Waals surface area contributed by atoms with E-state index in [9.17, 15) is 4.79 Å². The van der Waals surface area contributed by atoms with Gasteiger partial charge in [-0.2, -0.15) is 0 Å². The molecule has 0 spiro atoms. The molecule has 0 N–H and O–H groups in total. The summed E-state index contributed by atoms with van der Waals surface area (Å²) in [6, 6.07) is 10.5. The van der Waals surface area contributed by atoms with Crippen molar-refractivity contribution >= 4 is 11.6 Å². The Bertz CT molecular complexity index is 754. The number of hydrogen-bond acceptors (Lipinski definition) is 4. The molecule has 0 saturated carbocycles. The zero-order chi connectivity index (χ0) is 19.2. The average molecular weight is 367 g/mol. The minimum Gasteiger partial charge on any atom is -0.368 e. The molecule has 0 radical (unpaired) electrons. The van der Waals surface area contributed by atoms with E-state index in [1.165, 1.54) is 22.4 Å². The first-order chi connectivity index (χ1) is 13.0. The SMILES string of the molecule is Cc1cccc(N2CCN(C(=O)CN(C)CCc3ccncc3)CC2)c1C. The van der Waals surface area contributed by atoms with Crippen LogP contribution in [0.1, 0.15) is 16.7 Å². The van der Waals surface area contributed by atoms with Crippen LogP contribution in [0.15, 0.2) is 42.7 Å². The number of carbonyl (C=O) groups excluding carboxylic acids is 1. The first-order valence-electron chi connectivity index (χ1n) is 9.71. The second-order valence-electron chi connectivity index (χ2n) is 7.43. The molecule has 0 unspecified atom stereocenters. The van der Waals surface area contributed by atoms with E-state index < -0.39 is 0 Å². The number of likely N-dealkylation sites (N-methyl/N-ethyl adjacent to an activating group) is 1. The number of nitrogens with zero attached hydrogens (tertiary/aromatic N) is 4. The van der Waals surface area contributed by atoms with E-state index in [2.05, 4.69) is 46.8 Å². The lowest BCUT2D eigenvalue weighted by molar-refractivity contribution is -0.132. The first-order valence-corrected chi connectivity index (χ1v) is 9.71. The van der Waals surface area contributed by atoms with Gasteiger partial charge in [0.25, 0.3) is 0 Å². The third kappa shape index (κ3) is 5.07. The summed E-state index contributed by atoms with van der Waals surface area (Å²) >= 11 is 0. The van der Waals surface area contributed by atoms with E-state index in [0.29, 0.717) is 6.54 Å². The predicted octanol–water partition coefficient (Wildman–Crippen LogP) is 2.52. The summed E-state index contributed by atoms with van der Waals surface area (Å²) in [6.07, 6.45) is 4.57. The fourth-order valence-corrected chi connectivity index (χ4v) is 3.55. The van der Waals surface area contributed by atoms with Crippen molar-refractivity contribution in [1.82, 2.24) is 14.8 Å². The summed E-state index contributed by atoms with van der Waals surface area (Å²) in [5.74, 6) is 0.229. The summed E-state index contributed by atoms with van der Waals surface area (Å²) in [7, 11) is 2.02. The van der Waals surface area contributed by atoms with Gasteiger partial charge in [-0.25, -0.2) is 0 Å². The lowest BCUT2D eigenvalue weighted by atomic mass is 10.1. The van der Waals surface area contributed by atoms with Crippen molar-refractivity contribution in [2.75, 3.05) is 51.2 Å². The highest BCUT2D eigenvalue weighted by atomic mass is 16.2. The quantitative estimate of drug-likeness (QED) is 0.788. The molecule has 144 valence electrons. The Hall–Kier alpha value is -2.40.